The maximum absolute atomic E-state index is 15.0. The van der Waals surface area contributed by atoms with Crippen molar-refractivity contribution in [3.8, 4) is 11.3 Å². The molecule has 184 valence electrons. The zero-order valence-electron chi connectivity index (χ0n) is 18.8. The van der Waals surface area contributed by atoms with E-state index in [-0.39, 0.29) is 29.9 Å². The summed E-state index contributed by atoms with van der Waals surface area (Å²) in [6.07, 6.45) is 4.30. The van der Waals surface area contributed by atoms with E-state index in [2.05, 4.69) is 31.2 Å². The molecule has 0 aliphatic heterocycles. The minimum absolute atomic E-state index is 0.00154. The van der Waals surface area contributed by atoms with E-state index in [4.69, 9.17) is 11.5 Å². The SMILES string of the molecule is NCC(NC(=O)c1ccc(-c2nc(C3CCC(O)CC3)cnc2N)cc1F)c1cc(F)cc(Br)c1. The first-order chi connectivity index (χ1) is 16.7. The van der Waals surface area contributed by atoms with Gasteiger partial charge in [-0.2, -0.15) is 0 Å². The highest BCUT2D eigenvalue weighted by Crippen LogP contribution is 2.34. The summed E-state index contributed by atoms with van der Waals surface area (Å²) in [6, 6.07) is 7.59. The number of nitrogens with two attached hydrogens (primary N) is 2. The molecule has 1 aliphatic carbocycles. The lowest BCUT2D eigenvalue weighted by Gasteiger charge is -2.25. The van der Waals surface area contributed by atoms with Crippen molar-refractivity contribution in [2.45, 2.75) is 43.7 Å². The largest absolute Gasteiger partial charge is 0.393 e. The normalized spacial score (nSPS) is 18.8. The molecule has 1 aromatic heterocycles. The zero-order chi connectivity index (χ0) is 25.1. The Hall–Kier alpha value is -2.95. The Bertz CT molecular complexity index is 1210. The van der Waals surface area contributed by atoms with Gasteiger partial charge in [0.15, 0.2) is 0 Å². The summed E-state index contributed by atoms with van der Waals surface area (Å²) in [7, 11) is 0. The molecule has 1 unspecified atom stereocenters. The first-order valence-corrected chi connectivity index (χ1v) is 12.1. The Morgan fingerprint density at radius 3 is 2.57 bits per heavy atom. The highest BCUT2D eigenvalue weighted by molar-refractivity contribution is 9.10. The topological polar surface area (TPSA) is 127 Å². The third-order valence-electron chi connectivity index (χ3n) is 6.25. The molecule has 4 rings (SSSR count). The van der Waals surface area contributed by atoms with E-state index in [0.29, 0.717) is 34.1 Å². The predicted octanol–water partition coefficient (Wildman–Crippen LogP) is 4.21. The number of carbonyl (C=O) groups excluding carboxylic acids is 1. The number of carbonyl (C=O) groups is 1. The molecule has 1 amide bonds. The molecular weight excluding hydrogens is 520 g/mol. The van der Waals surface area contributed by atoms with E-state index >= 15 is 4.39 Å². The van der Waals surface area contributed by atoms with Gasteiger partial charge < -0.3 is 21.9 Å². The number of aliphatic hydroxyl groups excluding tert-OH is 1. The molecule has 1 atom stereocenters. The van der Waals surface area contributed by atoms with Gasteiger partial charge in [0.25, 0.3) is 5.91 Å². The lowest BCUT2D eigenvalue weighted by atomic mass is 9.85. The number of nitrogens with zero attached hydrogens (tertiary/aromatic N) is 2. The number of nitrogens with one attached hydrogen (secondary N) is 1. The second-order valence-corrected chi connectivity index (χ2v) is 9.61. The lowest BCUT2D eigenvalue weighted by Crippen LogP contribution is -2.34. The van der Waals surface area contributed by atoms with Crippen LogP contribution in [0.3, 0.4) is 0 Å². The van der Waals surface area contributed by atoms with Crippen LogP contribution in [0.25, 0.3) is 11.3 Å². The van der Waals surface area contributed by atoms with Gasteiger partial charge in [-0.05, 0) is 61.6 Å². The minimum atomic E-state index is -0.761. The average Bonchev–Trinajstić information content (AvgIpc) is 2.82. The van der Waals surface area contributed by atoms with E-state index in [1.165, 1.54) is 24.3 Å². The summed E-state index contributed by atoms with van der Waals surface area (Å²) in [4.78, 5) is 21.7. The summed E-state index contributed by atoms with van der Waals surface area (Å²) in [5, 5.41) is 12.4. The molecule has 7 nitrogen and oxygen atoms in total. The van der Waals surface area contributed by atoms with Gasteiger partial charge in [0.2, 0.25) is 0 Å². The summed E-state index contributed by atoms with van der Waals surface area (Å²) >= 11 is 3.22. The number of anilines is 1. The van der Waals surface area contributed by atoms with Crippen LogP contribution < -0.4 is 16.8 Å². The van der Waals surface area contributed by atoms with Crippen LogP contribution in [0.4, 0.5) is 14.6 Å². The maximum Gasteiger partial charge on any atom is 0.254 e. The number of halogens is 3. The number of amides is 1. The molecule has 6 N–H and O–H groups in total. The van der Waals surface area contributed by atoms with Crippen molar-refractivity contribution in [3.63, 3.8) is 0 Å². The molecule has 1 aliphatic rings. The minimum Gasteiger partial charge on any atom is -0.393 e. The molecule has 0 saturated heterocycles. The molecule has 10 heteroatoms. The summed E-state index contributed by atoms with van der Waals surface area (Å²) in [6.45, 7) is -0.00154. The lowest BCUT2D eigenvalue weighted by molar-refractivity contribution is 0.0933. The fourth-order valence-electron chi connectivity index (χ4n) is 4.33. The molecule has 35 heavy (non-hydrogen) atoms. The number of aromatic nitrogens is 2. The Morgan fingerprint density at radius 2 is 1.91 bits per heavy atom. The summed E-state index contributed by atoms with van der Waals surface area (Å²) < 4.78 is 29.3. The number of rotatable bonds is 6. The van der Waals surface area contributed by atoms with Gasteiger partial charge in [-0.3, -0.25) is 4.79 Å². The second kappa shape index (κ2) is 10.8. The van der Waals surface area contributed by atoms with Crippen LogP contribution in [0.5, 0.6) is 0 Å². The number of aliphatic hydroxyl groups is 1. The highest BCUT2D eigenvalue weighted by Gasteiger charge is 2.24. The first-order valence-electron chi connectivity index (χ1n) is 11.3. The molecule has 0 bridgehead atoms. The van der Waals surface area contributed by atoms with Crippen LogP contribution in [-0.2, 0) is 0 Å². The smallest absolute Gasteiger partial charge is 0.254 e. The van der Waals surface area contributed by atoms with Crippen molar-refractivity contribution in [2.24, 2.45) is 5.73 Å². The third-order valence-corrected chi connectivity index (χ3v) is 6.71. The van der Waals surface area contributed by atoms with Crippen molar-refractivity contribution in [1.82, 2.24) is 15.3 Å². The molecule has 3 aromatic rings. The van der Waals surface area contributed by atoms with E-state index in [9.17, 15) is 14.3 Å². The monoisotopic (exact) mass is 545 g/mol. The molecular formula is C25H26BrF2N5O2. The van der Waals surface area contributed by atoms with Gasteiger partial charge in [0.05, 0.1) is 29.6 Å². The van der Waals surface area contributed by atoms with Crippen LogP contribution in [-0.4, -0.2) is 33.6 Å². The van der Waals surface area contributed by atoms with Crippen molar-refractivity contribution in [2.75, 3.05) is 12.3 Å². The van der Waals surface area contributed by atoms with E-state index < -0.39 is 23.6 Å². The molecule has 1 heterocycles. The number of hydrogen-bond acceptors (Lipinski definition) is 6. The van der Waals surface area contributed by atoms with E-state index in [1.807, 2.05) is 0 Å². The van der Waals surface area contributed by atoms with Crippen molar-refractivity contribution < 1.29 is 18.7 Å². The van der Waals surface area contributed by atoms with Crippen molar-refractivity contribution in [1.29, 1.82) is 0 Å². The van der Waals surface area contributed by atoms with Gasteiger partial charge in [0, 0.05) is 22.5 Å². The average molecular weight is 546 g/mol. The van der Waals surface area contributed by atoms with Gasteiger partial charge in [-0.15, -0.1) is 0 Å². The quantitative estimate of drug-likeness (QED) is 0.367. The molecule has 0 spiro atoms. The Morgan fingerprint density at radius 1 is 1.17 bits per heavy atom. The third kappa shape index (κ3) is 5.83. The maximum atomic E-state index is 15.0. The van der Waals surface area contributed by atoms with Gasteiger partial charge in [-0.25, -0.2) is 18.7 Å². The second-order valence-electron chi connectivity index (χ2n) is 8.69. The van der Waals surface area contributed by atoms with Gasteiger partial charge >= 0.3 is 0 Å². The van der Waals surface area contributed by atoms with Crippen molar-refractivity contribution >= 4 is 27.7 Å². The summed E-state index contributed by atoms with van der Waals surface area (Å²) in [5.41, 5.74) is 13.6. The fourth-order valence-corrected chi connectivity index (χ4v) is 4.81. The van der Waals surface area contributed by atoms with E-state index in [0.717, 1.165) is 18.5 Å². The van der Waals surface area contributed by atoms with Gasteiger partial charge in [0.1, 0.15) is 23.1 Å². The Labute approximate surface area is 210 Å². The highest BCUT2D eigenvalue weighted by atomic mass is 79.9. The van der Waals surface area contributed by atoms with Crippen molar-refractivity contribution in [3.05, 3.63) is 75.5 Å². The molecule has 0 radical (unpaired) electrons. The van der Waals surface area contributed by atoms with Crippen LogP contribution in [0.15, 0.2) is 47.1 Å². The predicted molar refractivity (Wildman–Crippen MR) is 132 cm³/mol. The van der Waals surface area contributed by atoms with Crippen LogP contribution in [0.2, 0.25) is 0 Å². The Kier molecular flexibility index (Phi) is 7.73. The Balaban J connectivity index is 1.55. The number of benzene rings is 2. The standard InChI is InChI=1S/C25H26BrF2N5O2/c26-16-7-15(8-17(27)10-16)21(11-29)33-25(35)19-6-3-14(9-20(19)28)23-24(30)31-12-22(32-23)13-1-4-18(34)5-2-13/h3,6-10,12-13,18,21,34H,1-2,4-5,11,29H2,(H2,30,31)(H,33,35). The molecule has 1 fully saturated rings. The van der Waals surface area contributed by atoms with E-state index in [1.54, 1.807) is 18.3 Å². The first kappa shape index (κ1) is 25.2. The molecule has 1 saturated carbocycles. The van der Waals surface area contributed by atoms with Gasteiger partial charge in [-0.1, -0.05) is 22.0 Å². The molecule has 2 aromatic carbocycles. The van der Waals surface area contributed by atoms with Crippen LogP contribution in [0.1, 0.15) is 59.3 Å². The summed E-state index contributed by atoms with van der Waals surface area (Å²) in [5.74, 6) is -1.62. The van der Waals surface area contributed by atoms with Crippen LogP contribution in [0, 0.1) is 11.6 Å². The zero-order valence-corrected chi connectivity index (χ0v) is 20.4. The number of hydrogen-bond donors (Lipinski definition) is 4. The van der Waals surface area contributed by atoms with Crippen LogP contribution >= 0.6 is 15.9 Å². The number of nitrogen functional groups attached to an aromatic ring is 1. The fraction of sp³-hybridized carbons (Fsp3) is 0.320.